The zero-order valence-electron chi connectivity index (χ0n) is 7.20. The van der Waals surface area contributed by atoms with Crippen LogP contribution in [-0.2, 0) is 7.05 Å². The third-order valence-electron chi connectivity index (χ3n) is 1.44. The fraction of sp³-hybridized carbons (Fsp3) is 0.429. The van der Waals surface area contributed by atoms with Crippen molar-refractivity contribution < 1.29 is 9.47 Å². The van der Waals surface area contributed by atoms with Gasteiger partial charge in [-0.15, -0.1) is 5.10 Å². The number of hydrogen-bond donors (Lipinski definition) is 0. The molecule has 66 valence electrons. The Balaban J connectivity index is 3.29. The molecule has 0 aliphatic heterocycles. The smallest absolute Gasteiger partial charge is 0.274 e. The van der Waals surface area contributed by atoms with Gasteiger partial charge in [0.15, 0.2) is 5.75 Å². The number of hydrogen-bond acceptors (Lipinski definition) is 4. The second-order valence-corrected chi connectivity index (χ2v) is 2.18. The molecule has 1 rings (SSSR count). The number of nitrogens with zero attached hydrogens (tertiary/aromatic N) is 2. The van der Waals surface area contributed by atoms with Crippen LogP contribution in [0.2, 0.25) is 0 Å². The zero-order valence-corrected chi connectivity index (χ0v) is 7.20. The van der Waals surface area contributed by atoms with Crippen LogP contribution in [0.3, 0.4) is 0 Å². The molecule has 0 N–H and O–H groups in total. The quantitative estimate of drug-likeness (QED) is 0.616. The van der Waals surface area contributed by atoms with Gasteiger partial charge in [-0.3, -0.25) is 4.79 Å². The van der Waals surface area contributed by atoms with Crippen LogP contribution in [0.15, 0.2) is 10.9 Å². The molecule has 1 aromatic rings. The van der Waals surface area contributed by atoms with Gasteiger partial charge in [-0.1, -0.05) is 0 Å². The first kappa shape index (κ1) is 8.58. The van der Waals surface area contributed by atoms with Crippen molar-refractivity contribution >= 4 is 0 Å². The number of ether oxygens (including phenoxy) is 2. The molecule has 0 bridgehead atoms. The summed E-state index contributed by atoms with van der Waals surface area (Å²) < 4.78 is 10.9. The predicted molar refractivity (Wildman–Crippen MR) is 42.6 cm³/mol. The molecule has 0 aliphatic carbocycles. The van der Waals surface area contributed by atoms with Crippen LogP contribution in [0.4, 0.5) is 0 Å². The maximum atomic E-state index is 11.0. The van der Waals surface area contributed by atoms with E-state index < -0.39 is 0 Å². The van der Waals surface area contributed by atoms with Crippen LogP contribution in [0.5, 0.6) is 11.6 Å². The first-order valence-electron chi connectivity index (χ1n) is 3.35. The molecule has 12 heavy (non-hydrogen) atoms. The first-order chi connectivity index (χ1) is 5.69. The monoisotopic (exact) mass is 170 g/mol. The van der Waals surface area contributed by atoms with Gasteiger partial charge < -0.3 is 9.47 Å². The van der Waals surface area contributed by atoms with Crippen LogP contribution in [-0.4, -0.2) is 24.0 Å². The van der Waals surface area contributed by atoms with Crippen molar-refractivity contribution in [2.24, 2.45) is 7.05 Å². The molecule has 5 heteroatoms. The topological polar surface area (TPSA) is 53.4 Å². The number of aromatic nitrogens is 2. The summed E-state index contributed by atoms with van der Waals surface area (Å²) in [5.74, 6) is 0.653. The van der Waals surface area contributed by atoms with Gasteiger partial charge in [-0.2, -0.15) is 0 Å². The van der Waals surface area contributed by atoms with E-state index in [1.165, 1.54) is 25.0 Å². The van der Waals surface area contributed by atoms with E-state index in [0.717, 1.165) is 0 Å². The normalized spacial score (nSPS) is 9.58. The summed E-state index contributed by atoms with van der Waals surface area (Å²) in [7, 11) is 4.47. The highest BCUT2D eigenvalue weighted by molar-refractivity contribution is 5.30. The minimum Gasteiger partial charge on any atom is -0.491 e. The largest absolute Gasteiger partial charge is 0.491 e. The Kier molecular flexibility index (Phi) is 2.32. The molecule has 0 radical (unpaired) electrons. The molecular weight excluding hydrogens is 160 g/mol. The van der Waals surface area contributed by atoms with Gasteiger partial charge in [0.2, 0.25) is 0 Å². The van der Waals surface area contributed by atoms with Crippen LogP contribution in [0.1, 0.15) is 0 Å². The van der Waals surface area contributed by atoms with Crippen molar-refractivity contribution in [2.75, 3.05) is 14.2 Å². The Morgan fingerprint density at radius 3 is 2.58 bits per heavy atom. The highest BCUT2D eigenvalue weighted by Gasteiger charge is 2.06. The molecule has 1 heterocycles. The molecule has 5 nitrogen and oxygen atoms in total. The van der Waals surface area contributed by atoms with Gasteiger partial charge in [-0.25, -0.2) is 4.68 Å². The van der Waals surface area contributed by atoms with Gasteiger partial charge in [0.1, 0.15) is 0 Å². The Bertz CT molecular complexity index is 332. The van der Waals surface area contributed by atoms with Crippen LogP contribution in [0, 0.1) is 0 Å². The second-order valence-electron chi connectivity index (χ2n) is 2.18. The summed E-state index contributed by atoms with van der Waals surface area (Å²) in [5.41, 5.74) is -0.229. The van der Waals surface area contributed by atoms with Crippen molar-refractivity contribution in [3.05, 3.63) is 16.4 Å². The number of methoxy groups -OCH3 is 2. The maximum absolute atomic E-state index is 11.0. The number of rotatable bonds is 2. The van der Waals surface area contributed by atoms with Gasteiger partial charge in [0.25, 0.3) is 11.4 Å². The molecular formula is C7H10N2O3. The third-order valence-corrected chi connectivity index (χ3v) is 1.44. The average molecular weight is 170 g/mol. The lowest BCUT2D eigenvalue weighted by molar-refractivity contribution is 0.330. The minimum atomic E-state index is -0.229. The van der Waals surface area contributed by atoms with E-state index in [1.54, 1.807) is 7.05 Å². The molecule has 0 spiro atoms. The molecule has 0 unspecified atom stereocenters. The Labute approximate surface area is 69.5 Å². The second kappa shape index (κ2) is 3.25. The zero-order chi connectivity index (χ0) is 9.14. The van der Waals surface area contributed by atoms with Gasteiger partial charge >= 0.3 is 0 Å². The summed E-state index contributed by atoms with van der Waals surface area (Å²) in [6, 6.07) is 1.33. The van der Waals surface area contributed by atoms with Gasteiger partial charge in [-0.05, 0) is 0 Å². The van der Waals surface area contributed by atoms with E-state index in [2.05, 4.69) is 5.10 Å². The molecule has 0 amide bonds. The molecule has 0 fully saturated rings. The van der Waals surface area contributed by atoms with E-state index in [0.29, 0.717) is 11.6 Å². The lowest BCUT2D eigenvalue weighted by Crippen LogP contribution is -2.19. The van der Waals surface area contributed by atoms with E-state index in [-0.39, 0.29) is 5.56 Å². The summed E-state index contributed by atoms with van der Waals surface area (Å²) >= 11 is 0. The minimum absolute atomic E-state index is 0.229. The molecule has 1 aromatic heterocycles. The lowest BCUT2D eigenvalue weighted by Gasteiger charge is -2.05. The average Bonchev–Trinajstić information content (AvgIpc) is 2.09. The molecule has 0 aliphatic rings. The van der Waals surface area contributed by atoms with Crippen molar-refractivity contribution in [1.29, 1.82) is 0 Å². The SMILES string of the molecule is COc1cc(=O)n(C)nc1OC. The molecule has 0 saturated carbocycles. The van der Waals surface area contributed by atoms with E-state index >= 15 is 0 Å². The van der Waals surface area contributed by atoms with Gasteiger partial charge in [0, 0.05) is 7.05 Å². The molecule has 0 aromatic carbocycles. The van der Waals surface area contributed by atoms with Crippen LogP contribution in [0.25, 0.3) is 0 Å². The van der Waals surface area contributed by atoms with Crippen LogP contribution >= 0.6 is 0 Å². The van der Waals surface area contributed by atoms with Crippen molar-refractivity contribution in [1.82, 2.24) is 9.78 Å². The van der Waals surface area contributed by atoms with Crippen molar-refractivity contribution in [2.45, 2.75) is 0 Å². The first-order valence-corrected chi connectivity index (χ1v) is 3.35. The summed E-state index contributed by atoms with van der Waals surface area (Å²) in [6.07, 6.45) is 0. The molecule has 0 saturated heterocycles. The lowest BCUT2D eigenvalue weighted by atomic mass is 10.5. The maximum Gasteiger partial charge on any atom is 0.274 e. The fourth-order valence-electron chi connectivity index (χ4n) is 0.790. The van der Waals surface area contributed by atoms with Gasteiger partial charge in [0.05, 0.1) is 20.3 Å². The Hall–Kier alpha value is -1.52. The summed E-state index contributed by atoms with van der Waals surface area (Å²) in [6.45, 7) is 0. The highest BCUT2D eigenvalue weighted by Crippen LogP contribution is 2.19. The Morgan fingerprint density at radius 1 is 1.42 bits per heavy atom. The van der Waals surface area contributed by atoms with E-state index in [4.69, 9.17) is 9.47 Å². The fourth-order valence-corrected chi connectivity index (χ4v) is 0.790. The predicted octanol–water partition coefficient (Wildman–Crippen LogP) is -0.203. The van der Waals surface area contributed by atoms with E-state index in [9.17, 15) is 4.79 Å². The van der Waals surface area contributed by atoms with Crippen LogP contribution < -0.4 is 15.0 Å². The van der Waals surface area contributed by atoms with Crippen molar-refractivity contribution in [3.8, 4) is 11.6 Å². The number of aryl methyl sites for hydroxylation is 1. The highest BCUT2D eigenvalue weighted by atomic mass is 16.5. The van der Waals surface area contributed by atoms with E-state index in [1.807, 2.05) is 0 Å². The Morgan fingerprint density at radius 2 is 2.08 bits per heavy atom. The van der Waals surface area contributed by atoms with Crippen molar-refractivity contribution in [3.63, 3.8) is 0 Å². The standard InChI is InChI=1S/C7H10N2O3/c1-9-6(10)4-5(11-2)7(8-9)12-3/h4H,1-3H3. The third kappa shape index (κ3) is 1.39. The molecule has 0 atom stereocenters. The summed E-state index contributed by atoms with van der Waals surface area (Å²) in [5, 5.41) is 3.82. The summed E-state index contributed by atoms with van der Waals surface area (Å²) in [4.78, 5) is 11.0.